The van der Waals surface area contributed by atoms with Crippen molar-refractivity contribution in [3.05, 3.63) is 34.4 Å². The maximum absolute atomic E-state index is 5.82. The summed E-state index contributed by atoms with van der Waals surface area (Å²) in [6.07, 6.45) is 1.77. The van der Waals surface area contributed by atoms with Gasteiger partial charge in [-0.2, -0.15) is 0 Å². The van der Waals surface area contributed by atoms with Crippen molar-refractivity contribution in [1.82, 2.24) is 0 Å². The van der Waals surface area contributed by atoms with Gasteiger partial charge >= 0.3 is 0 Å². The van der Waals surface area contributed by atoms with Crippen LogP contribution in [0, 0.1) is 6.92 Å². The van der Waals surface area contributed by atoms with E-state index in [-0.39, 0.29) is 12.4 Å². The zero-order valence-electron chi connectivity index (χ0n) is 9.43. The molecule has 0 aliphatic rings. The maximum atomic E-state index is 5.82. The molecule has 0 aromatic heterocycles. The second-order valence-corrected chi connectivity index (χ2v) is 4.34. The number of hydrogen-bond donors (Lipinski definition) is 1. The summed E-state index contributed by atoms with van der Waals surface area (Å²) >= 11 is 11.6. The highest BCUT2D eigenvalue weighted by molar-refractivity contribution is 6.18. The molecule has 1 aromatic carbocycles. The summed E-state index contributed by atoms with van der Waals surface area (Å²) < 4.78 is 0. The minimum absolute atomic E-state index is 0. The van der Waals surface area contributed by atoms with Crippen LogP contribution in [0.5, 0.6) is 0 Å². The Bertz CT molecular complexity index is 326. The lowest BCUT2D eigenvalue weighted by molar-refractivity contribution is 0.956. The Morgan fingerprint density at radius 3 is 2.12 bits per heavy atom. The summed E-state index contributed by atoms with van der Waals surface area (Å²) in [4.78, 5) is 0. The van der Waals surface area contributed by atoms with E-state index in [1.165, 1.54) is 22.3 Å². The summed E-state index contributed by atoms with van der Waals surface area (Å²) in [5.41, 5.74) is 10.8. The van der Waals surface area contributed by atoms with Crippen LogP contribution in [0.4, 0.5) is 0 Å². The highest BCUT2D eigenvalue weighted by Crippen LogP contribution is 2.21. The van der Waals surface area contributed by atoms with Gasteiger partial charge in [-0.25, -0.2) is 0 Å². The normalized spacial score (nSPS) is 10.0. The van der Waals surface area contributed by atoms with E-state index in [1.807, 2.05) is 0 Å². The van der Waals surface area contributed by atoms with Gasteiger partial charge in [0.1, 0.15) is 0 Å². The van der Waals surface area contributed by atoms with Crippen LogP contribution in [0.3, 0.4) is 0 Å². The van der Waals surface area contributed by atoms with E-state index < -0.39 is 0 Å². The van der Waals surface area contributed by atoms with Gasteiger partial charge in [0.15, 0.2) is 0 Å². The zero-order valence-corrected chi connectivity index (χ0v) is 11.8. The largest absolute Gasteiger partial charge is 0.326 e. The molecule has 0 atom stereocenters. The van der Waals surface area contributed by atoms with Gasteiger partial charge in [0, 0.05) is 18.3 Å². The number of aryl methyl sites for hydroxylation is 1. The lowest BCUT2D eigenvalue weighted by Crippen LogP contribution is -2.08. The quantitative estimate of drug-likeness (QED) is 0.823. The molecular formula is C12H18Cl3N. The summed E-state index contributed by atoms with van der Waals surface area (Å²) in [5, 5.41) is 0. The summed E-state index contributed by atoms with van der Waals surface area (Å²) in [5.74, 6) is 1.27. The van der Waals surface area contributed by atoms with Gasteiger partial charge in [0.2, 0.25) is 0 Å². The minimum atomic E-state index is 0. The van der Waals surface area contributed by atoms with Crippen molar-refractivity contribution in [2.45, 2.75) is 26.3 Å². The molecule has 0 fully saturated rings. The Morgan fingerprint density at radius 2 is 1.62 bits per heavy atom. The third kappa shape index (κ3) is 3.81. The number of hydrogen-bond acceptors (Lipinski definition) is 1. The second kappa shape index (κ2) is 8.19. The molecule has 4 heteroatoms. The minimum Gasteiger partial charge on any atom is -0.326 e. The van der Waals surface area contributed by atoms with Gasteiger partial charge in [0.25, 0.3) is 0 Å². The average Bonchev–Trinajstić information content (AvgIpc) is 2.24. The molecule has 16 heavy (non-hydrogen) atoms. The first-order valence-electron chi connectivity index (χ1n) is 5.16. The van der Waals surface area contributed by atoms with Gasteiger partial charge in [-0.3, -0.25) is 0 Å². The third-order valence-electron chi connectivity index (χ3n) is 2.67. The number of halogens is 3. The molecule has 0 unspecified atom stereocenters. The summed E-state index contributed by atoms with van der Waals surface area (Å²) in [6, 6.07) is 4.21. The molecule has 92 valence electrons. The molecule has 0 spiro atoms. The molecular weight excluding hydrogens is 264 g/mol. The van der Waals surface area contributed by atoms with E-state index in [2.05, 4.69) is 19.1 Å². The predicted octanol–water partition coefficient (Wildman–Crippen LogP) is 3.44. The molecule has 0 bridgehead atoms. The molecule has 0 saturated heterocycles. The van der Waals surface area contributed by atoms with E-state index in [0.29, 0.717) is 18.3 Å². The van der Waals surface area contributed by atoms with Gasteiger partial charge < -0.3 is 5.73 Å². The summed E-state index contributed by atoms with van der Waals surface area (Å²) in [7, 11) is 0. The zero-order chi connectivity index (χ0) is 11.3. The van der Waals surface area contributed by atoms with Crippen LogP contribution >= 0.6 is 35.6 Å². The lowest BCUT2D eigenvalue weighted by Gasteiger charge is -2.15. The average molecular weight is 283 g/mol. The third-order valence-corrected chi connectivity index (χ3v) is 3.05. The molecule has 0 heterocycles. The van der Waals surface area contributed by atoms with Crippen LogP contribution < -0.4 is 5.73 Å². The van der Waals surface area contributed by atoms with Crippen LogP contribution in [0.1, 0.15) is 22.3 Å². The molecule has 0 aliphatic heterocycles. The number of nitrogens with two attached hydrogens (primary N) is 1. The summed E-state index contributed by atoms with van der Waals surface area (Å²) in [6.45, 7) is 2.68. The van der Waals surface area contributed by atoms with Crippen molar-refractivity contribution in [3.63, 3.8) is 0 Å². The van der Waals surface area contributed by atoms with Crippen molar-refractivity contribution in [2.75, 3.05) is 11.8 Å². The highest BCUT2D eigenvalue weighted by Gasteiger charge is 2.09. The Kier molecular flexibility index (Phi) is 8.21. The van der Waals surface area contributed by atoms with Gasteiger partial charge in [-0.1, -0.05) is 12.1 Å². The molecule has 0 saturated carbocycles. The maximum Gasteiger partial charge on any atom is 0.0264 e. The van der Waals surface area contributed by atoms with Crippen molar-refractivity contribution in [2.24, 2.45) is 5.73 Å². The van der Waals surface area contributed by atoms with Crippen molar-refractivity contribution in [3.8, 4) is 0 Å². The van der Waals surface area contributed by atoms with Crippen LogP contribution in [0.2, 0.25) is 0 Å². The molecule has 0 radical (unpaired) electrons. The lowest BCUT2D eigenvalue weighted by atomic mass is 9.93. The van der Waals surface area contributed by atoms with Gasteiger partial charge in [-0.15, -0.1) is 35.6 Å². The molecule has 1 aromatic rings. The van der Waals surface area contributed by atoms with E-state index in [4.69, 9.17) is 28.9 Å². The van der Waals surface area contributed by atoms with Crippen molar-refractivity contribution < 1.29 is 0 Å². The monoisotopic (exact) mass is 281 g/mol. The number of benzene rings is 1. The fourth-order valence-electron chi connectivity index (χ4n) is 1.90. The first-order valence-corrected chi connectivity index (χ1v) is 6.23. The standard InChI is InChI=1S/C12H17Cl2N.ClH/c1-9-2-3-10(8-15)12(5-7-14)11(9)4-6-13;/h2-3H,4-8,15H2,1H3;1H. The Labute approximate surface area is 114 Å². The second-order valence-electron chi connectivity index (χ2n) is 3.58. The first kappa shape index (κ1) is 16.1. The van der Waals surface area contributed by atoms with E-state index in [1.54, 1.807) is 0 Å². The van der Waals surface area contributed by atoms with E-state index in [0.717, 1.165) is 12.8 Å². The fourth-order valence-corrected chi connectivity index (χ4v) is 2.28. The Hall–Kier alpha value is 0.0500. The van der Waals surface area contributed by atoms with Crippen molar-refractivity contribution >= 4 is 35.6 Å². The molecule has 1 nitrogen and oxygen atoms in total. The van der Waals surface area contributed by atoms with E-state index in [9.17, 15) is 0 Å². The van der Waals surface area contributed by atoms with E-state index >= 15 is 0 Å². The van der Waals surface area contributed by atoms with Crippen LogP contribution in [0.25, 0.3) is 0 Å². The smallest absolute Gasteiger partial charge is 0.0264 e. The highest BCUT2D eigenvalue weighted by atomic mass is 35.5. The van der Waals surface area contributed by atoms with Gasteiger partial charge in [-0.05, 0) is 42.0 Å². The number of rotatable bonds is 5. The van der Waals surface area contributed by atoms with Crippen LogP contribution in [-0.2, 0) is 19.4 Å². The van der Waals surface area contributed by atoms with Gasteiger partial charge in [0.05, 0.1) is 0 Å². The fraction of sp³-hybridized carbons (Fsp3) is 0.500. The molecule has 2 N–H and O–H groups in total. The van der Waals surface area contributed by atoms with Crippen LogP contribution in [-0.4, -0.2) is 11.8 Å². The first-order chi connectivity index (χ1) is 7.24. The topological polar surface area (TPSA) is 26.0 Å². The number of alkyl halides is 2. The Morgan fingerprint density at radius 1 is 1.06 bits per heavy atom. The molecule has 0 amide bonds. The molecule has 1 rings (SSSR count). The Balaban J connectivity index is 0.00000225. The predicted molar refractivity (Wildman–Crippen MR) is 75.2 cm³/mol. The SMILES string of the molecule is Cc1ccc(CN)c(CCCl)c1CCCl.Cl. The molecule has 0 aliphatic carbocycles. The van der Waals surface area contributed by atoms with Crippen LogP contribution in [0.15, 0.2) is 12.1 Å². The van der Waals surface area contributed by atoms with Crippen molar-refractivity contribution in [1.29, 1.82) is 0 Å².